The number of piperidine rings is 1. The number of nitrogens with one attached hydrogen (secondary N) is 2. The van der Waals surface area contributed by atoms with E-state index in [1.807, 2.05) is 0 Å². The highest BCUT2D eigenvalue weighted by molar-refractivity contribution is 5.86. The normalized spacial score (nSPS) is 18.3. The minimum Gasteiger partial charge on any atom is -0.467 e. The first-order valence-corrected chi connectivity index (χ1v) is 8.11. The Morgan fingerprint density at radius 2 is 2.29 bits per heavy atom. The third-order valence-electron chi connectivity index (χ3n) is 3.97. The molecular weight excluding hydrogens is 310 g/mol. The van der Waals surface area contributed by atoms with Crippen molar-refractivity contribution >= 4 is 17.8 Å². The number of aliphatic imine (C=N–C) groups is 1. The molecule has 132 valence electrons. The van der Waals surface area contributed by atoms with Crippen LogP contribution in [0, 0.1) is 5.92 Å². The molecule has 1 saturated heterocycles. The van der Waals surface area contributed by atoms with Crippen molar-refractivity contribution in [1.82, 2.24) is 15.5 Å². The van der Waals surface area contributed by atoms with Crippen molar-refractivity contribution in [3.05, 3.63) is 24.2 Å². The molecule has 2 amide bonds. The molecule has 0 bridgehead atoms. The van der Waals surface area contributed by atoms with Crippen molar-refractivity contribution in [2.75, 3.05) is 26.7 Å². The number of hydrogen-bond donors (Lipinski definition) is 3. The molecule has 8 nitrogen and oxygen atoms in total. The average molecular weight is 335 g/mol. The lowest BCUT2D eigenvalue weighted by Crippen LogP contribution is -2.49. The van der Waals surface area contributed by atoms with Crippen molar-refractivity contribution < 1.29 is 14.0 Å². The summed E-state index contributed by atoms with van der Waals surface area (Å²) in [5.41, 5.74) is 5.29. The average Bonchev–Trinajstić information content (AvgIpc) is 3.07. The van der Waals surface area contributed by atoms with Gasteiger partial charge in [-0.1, -0.05) is 0 Å². The summed E-state index contributed by atoms with van der Waals surface area (Å²) < 4.78 is 5.16. The molecule has 1 aliphatic heterocycles. The fraction of sp³-hybridized carbons (Fsp3) is 0.562. The van der Waals surface area contributed by atoms with Crippen LogP contribution in [0.2, 0.25) is 0 Å². The molecule has 0 aliphatic carbocycles. The Morgan fingerprint density at radius 1 is 1.46 bits per heavy atom. The highest BCUT2D eigenvalue weighted by Crippen LogP contribution is 2.19. The van der Waals surface area contributed by atoms with E-state index in [2.05, 4.69) is 20.5 Å². The molecule has 4 N–H and O–H groups in total. The Bertz CT molecular complexity index is 570. The van der Waals surface area contributed by atoms with Gasteiger partial charge in [-0.2, -0.15) is 0 Å². The molecule has 24 heavy (non-hydrogen) atoms. The molecule has 0 radical (unpaired) electrons. The number of rotatable bonds is 6. The first-order chi connectivity index (χ1) is 11.6. The number of nitrogens with two attached hydrogens (primary N) is 1. The standard InChI is InChI=1S/C16H25N5O3/c1-18-16(21-6-2-4-12(11-21)8-14(17)22)20-10-15(23)19-9-13-5-3-7-24-13/h3,5,7,12H,2,4,6,8-11H2,1H3,(H2,17,22)(H,18,20)(H,19,23). The van der Waals surface area contributed by atoms with Crippen LogP contribution in [0.5, 0.6) is 0 Å². The van der Waals surface area contributed by atoms with E-state index in [-0.39, 0.29) is 24.3 Å². The van der Waals surface area contributed by atoms with E-state index in [4.69, 9.17) is 10.2 Å². The lowest BCUT2D eigenvalue weighted by molar-refractivity contribution is -0.120. The quantitative estimate of drug-likeness (QED) is 0.502. The summed E-state index contributed by atoms with van der Waals surface area (Å²) in [5, 5.41) is 5.83. The van der Waals surface area contributed by atoms with Gasteiger partial charge >= 0.3 is 0 Å². The Morgan fingerprint density at radius 3 is 2.96 bits per heavy atom. The summed E-state index contributed by atoms with van der Waals surface area (Å²) in [4.78, 5) is 29.3. The Kier molecular flexibility index (Phi) is 6.65. The van der Waals surface area contributed by atoms with Gasteiger partial charge in [0.25, 0.3) is 0 Å². The number of likely N-dealkylation sites (tertiary alicyclic amines) is 1. The van der Waals surface area contributed by atoms with Crippen LogP contribution in [0.4, 0.5) is 0 Å². The largest absolute Gasteiger partial charge is 0.467 e. The van der Waals surface area contributed by atoms with Crippen LogP contribution in [0.3, 0.4) is 0 Å². The summed E-state index contributed by atoms with van der Waals surface area (Å²) in [5.74, 6) is 1.19. The maximum Gasteiger partial charge on any atom is 0.239 e. The Hall–Kier alpha value is -2.51. The molecule has 1 aliphatic rings. The first-order valence-electron chi connectivity index (χ1n) is 8.11. The lowest BCUT2D eigenvalue weighted by Gasteiger charge is -2.34. The Balaban J connectivity index is 1.76. The van der Waals surface area contributed by atoms with E-state index in [1.165, 1.54) is 0 Å². The molecule has 1 unspecified atom stereocenters. The second-order valence-corrected chi connectivity index (χ2v) is 5.88. The van der Waals surface area contributed by atoms with Gasteiger partial charge in [-0.15, -0.1) is 0 Å². The molecule has 1 aromatic heterocycles. The minimum absolute atomic E-state index is 0.129. The third-order valence-corrected chi connectivity index (χ3v) is 3.97. The van der Waals surface area contributed by atoms with Crippen LogP contribution in [0.25, 0.3) is 0 Å². The predicted molar refractivity (Wildman–Crippen MR) is 90.0 cm³/mol. The topological polar surface area (TPSA) is 113 Å². The number of guanidine groups is 1. The van der Waals surface area contributed by atoms with Gasteiger partial charge in [-0.3, -0.25) is 14.6 Å². The zero-order valence-electron chi connectivity index (χ0n) is 14.0. The Labute approximate surface area is 141 Å². The number of carbonyl (C=O) groups excluding carboxylic acids is 2. The molecule has 8 heteroatoms. The number of furan rings is 1. The summed E-state index contributed by atoms with van der Waals surface area (Å²) in [6.07, 6.45) is 3.92. The SMILES string of the molecule is CN=C(NCC(=O)NCc1ccco1)N1CCCC(CC(N)=O)C1. The maximum absolute atomic E-state index is 11.9. The number of amides is 2. The lowest BCUT2D eigenvalue weighted by atomic mass is 9.95. The molecule has 2 rings (SSSR count). The van der Waals surface area contributed by atoms with Crippen molar-refractivity contribution in [1.29, 1.82) is 0 Å². The highest BCUT2D eigenvalue weighted by atomic mass is 16.3. The molecule has 1 atom stereocenters. The van der Waals surface area contributed by atoms with Gasteiger partial charge in [0, 0.05) is 26.6 Å². The van der Waals surface area contributed by atoms with Crippen LogP contribution in [-0.2, 0) is 16.1 Å². The summed E-state index contributed by atoms with van der Waals surface area (Å²) in [6, 6.07) is 3.58. The van der Waals surface area contributed by atoms with Gasteiger partial charge in [-0.25, -0.2) is 0 Å². The molecule has 1 aromatic rings. The molecule has 0 aromatic carbocycles. The molecular formula is C16H25N5O3. The monoisotopic (exact) mass is 335 g/mol. The zero-order valence-corrected chi connectivity index (χ0v) is 14.0. The molecule has 0 saturated carbocycles. The second kappa shape index (κ2) is 8.95. The van der Waals surface area contributed by atoms with Crippen LogP contribution < -0.4 is 16.4 Å². The third kappa shape index (κ3) is 5.60. The molecule has 0 spiro atoms. The van der Waals surface area contributed by atoms with Gasteiger partial charge in [0.15, 0.2) is 5.96 Å². The van der Waals surface area contributed by atoms with E-state index in [0.29, 0.717) is 24.7 Å². The zero-order chi connectivity index (χ0) is 17.4. The van der Waals surface area contributed by atoms with E-state index < -0.39 is 0 Å². The number of primary amides is 1. The first kappa shape index (κ1) is 17.8. The van der Waals surface area contributed by atoms with Crippen LogP contribution >= 0.6 is 0 Å². The number of nitrogens with zero attached hydrogens (tertiary/aromatic N) is 2. The fourth-order valence-electron chi connectivity index (χ4n) is 2.86. The van der Waals surface area contributed by atoms with Crippen molar-refractivity contribution in [3.8, 4) is 0 Å². The van der Waals surface area contributed by atoms with Gasteiger partial charge in [0.2, 0.25) is 11.8 Å². The summed E-state index contributed by atoms with van der Waals surface area (Å²) in [6.45, 7) is 2.06. The van der Waals surface area contributed by atoms with Gasteiger partial charge in [0.1, 0.15) is 5.76 Å². The van der Waals surface area contributed by atoms with Crippen LogP contribution in [-0.4, -0.2) is 49.4 Å². The maximum atomic E-state index is 11.9. The fourth-order valence-corrected chi connectivity index (χ4v) is 2.86. The number of hydrogen-bond acceptors (Lipinski definition) is 4. The van der Waals surface area contributed by atoms with E-state index in [0.717, 1.165) is 25.9 Å². The van der Waals surface area contributed by atoms with E-state index in [1.54, 1.807) is 25.4 Å². The second-order valence-electron chi connectivity index (χ2n) is 5.88. The van der Waals surface area contributed by atoms with Crippen LogP contribution in [0.1, 0.15) is 25.0 Å². The van der Waals surface area contributed by atoms with Crippen LogP contribution in [0.15, 0.2) is 27.8 Å². The number of carbonyl (C=O) groups is 2. The van der Waals surface area contributed by atoms with E-state index in [9.17, 15) is 9.59 Å². The molecule has 1 fully saturated rings. The highest BCUT2D eigenvalue weighted by Gasteiger charge is 2.23. The summed E-state index contributed by atoms with van der Waals surface area (Å²) in [7, 11) is 1.68. The minimum atomic E-state index is -0.276. The molecule has 2 heterocycles. The van der Waals surface area contributed by atoms with Gasteiger partial charge < -0.3 is 25.7 Å². The van der Waals surface area contributed by atoms with Crippen molar-refractivity contribution in [3.63, 3.8) is 0 Å². The van der Waals surface area contributed by atoms with Crippen molar-refractivity contribution in [2.24, 2.45) is 16.6 Å². The summed E-state index contributed by atoms with van der Waals surface area (Å²) >= 11 is 0. The van der Waals surface area contributed by atoms with Gasteiger partial charge in [0.05, 0.1) is 19.4 Å². The van der Waals surface area contributed by atoms with E-state index >= 15 is 0 Å². The smallest absolute Gasteiger partial charge is 0.239 e. The predicted octanol–water partition coefficient (Wildman–Crippen LogP) is 0.0586. The van der Waals surface area contributed by atoms with Crippen molar-refractivity contribution in [2.45, 2.75) is 25.8 Å². The van der Waals surface area contributed by atoms with Gasteiger partial charge in [-0.05, 0) is 30.9 Å².